The number of halogens is 1. The van der Waals surface area contributed by atoms with Crippen molar-refractivity contribution >= 4 is 17.5 Å². The van der Waals surface area contributed by atoms with E-state index < -0.39 is 0 Å². The number of nitrogens with zero attached hydrogens (tertiary/aromatic N) is 4. The number of amides is 1. The molecule has 2 heterocycles. The zero-order valence-corrected chi connectivity index (χ0v) is 14.9. The van der Waals surface area contributed by atoms with Crippen molar-refractivity contribution in [3.8, 4) is 0 Å². The lowest BCUT2D eigenvalue weighted by molar-refractivity contribution is 0.0636. The van der Waals surface area contributed by atoms with Gasteiger partial charge in [-0.15, -0.1) is 0 Å². The standard InChI is InChI=1S/C18H23ClN4O/c1-21-12-15(11-20-21)18(24)22(2)16-7-9-23(10-8-16)13-14-5-3-4-6-17(14)19/h3-6,11-12,16H,7-10,13H2,1-2H3. The summed E-state index contributed by atoms with van der Waals surface area (Å²) in [7, 11) is 3.72. The first-order chi connectivity index (χ1) is 11.5. The lowest BCUT2D eigenvalue weighted by Crippen LogP contribution is -2.45. The highest BCUT2D eigenvalue weighted by Gasteiger charge is 2.26. The van der Waals surface area contributed by atoms with Crippen LogP contribution >= 0.6 is 11.6 Å². The van der Waals surface area contributed by atoms with Crippen molar-refractivity contribution in [2.75, 3.05) is 20.1 Å². The molecule has 1 aliphatic heterocycles. The van der Waals surface area contributed by atoms with Gasteiger partial charge in [-0.3, -0.25) is 14.4 Å². The molecule has 1 aromatic carbocycles. The van der Waals surface area contributed by atoms with E-state index in [1.54, 1.807) is 17.1 Å². The van der Waals surface area contributed by atoms with Crippen LogP contribution in [0.3, 0.4) is 0 Å². The number of hydrogen-bond acceptors (Lipinski definition) is 3. The van der Waals surface area contributed by atoms with E-state index in [2.05, 4.69) is 16.1 Å². The van der Waals surface area contributed by atoms with E-state index in [1.165, 1.54) is 0 Å². The summed E-state index contributed by atoms with van der Waals surface area (Å²) in [5.74, 6) is 0.0488. The quantitative estimate of drug-likeness (QED) is 0.854. The first-order valence-electron chi connectivity index (χ1n) is 8.26. The summed E-state index contributed by atoms with van der Waals surface area (Å²) in [5, 5.41) is 4.90. The summed E-state index contributed by atoms with van der Waals surface area (Å²) in [5.41, 5.74) is 1.82. The predicted molar refractivity (Wildman–Crippen MR) is 95.1 cm³/mol. The minimum Gasteiger partial charge on any atom is -0.339 e. The van der Waals surface area contributed by atoms with Gasteiger partial charge in [0.15, 0.2) is 0 Å². The minimum atomic E-state index is 0.0488. The smallest absolute Gasteiger partial charge is 0.257 e. The fourth-order valence-electron chi connectivity index (χ4n) is 3.23. The van der Waals surface area contributed by atoms with Gasteiger partial charge in [-0.05, 0) is 24.5 Å². The molecule has 0 bridgehead atoms. The molecule has 1 aliphatic rings. The van der Waals surface area contributed by atoms with Gasteiger partial charge in [0.2, 0.25) is 0 Å². The molecule has 24 heavy (non-hydrogen) atoms. The highest BCUT2D eigenvalue weighted by molar-refractivity contribution is 6.31. The average molecular weight is 347 g/mol. The Hall–Kier alpha value is -1.85. The van der Waals surface area contributed by atoms with Crippen molar-refractivity contribution in [2.24, 2.45) is 7.05 Å². The van der Waals surface area contributed by atoms with E-state index in [4.69, 9.17) is 11.6 Å². The van der Waals surface area contributed by atoms with Gasteiger partial charge in [0.1, 0.15) is 0 Å². The molecule has 1 fully saturated rings. The van der Waals surface area contributed by atoms with Crippen molar-refractivity contribution in [1.29, 1.82) is 0 Å². The third-order valence-electron chi connectivity index (χ3n) is 4.73. The van der Waals surface area contributed by atoms with Crippen LogP contribution in [0.25, 0.3) is 0 Å². The predicted octanol–water partition coefficient (Wildman–Crippen LogP) is 2.81. The molecule has 128 valence electrons. The van der Waals surface area contributed by atoms with E-state index in [0.717, 1.165) is 43.1 Å². The second-order valence-electron chi connectivity index (χ2n) is 6.42. The van der Waals surface area contributed by atoms with E-state index in [0.29, 0.717) is 5.56 Å². The van der Waals surface area contributed by atoms with E-state index in [9.17, 15) is 4.79 Å². The molecule has 0 N–H and O–H groups in total. The molecule has 0 aliphatic carbocycles. The van der Waals surface area contributed by atoms with E-state index in [-0.39, 0.29) is 11.9 Å². The number of likely N-dealkylation sites (tertiary alicyclic amines) is 1. The third-order valence-corrected chi connectivity index (χ3v) is 5.10. The van der Waals surface area contributed by atoms with Crippen molar-refractivity contribution in [3.63, 3.8) is 0 Å². The van der Waals surface area contributed by atoms with Crippen molar-refractivity contribution in [3.05, 3.63) is 52.8 Å². The molecule has 0 saturated carbocycles. The van der Waals surface area contributed by atoms with Gasteiger partial charge in [-0.2, -0.15) is 5.10 Å². The van der Waals surface area contributed by atoms with Gasteiger partial charge in [0.05, 0.1) is 11.8 Å². The highest BCUT2D eigenvalue weighted by atomic mass is 35.5. The maximum atomic E-state index is 12.5. The Balaban J connectivity index is 1.55. The van der Waals surface area contributed by atoms with Gasteiger partial charge in [-0.25, -0.2) is 0 Å². The Kier molecular flexibility index (Phi) is 5.21. The summed E-state index contributed by atoms with van der Waals surface area (Å²) in [6.45, 7) is 2.81. The summed E-state index contributed by atoms with van der Waals surface area (Å²) < 4.78 is 1.66. The number of carbonyl (C=O) groups is 1. The Morgan fingerprint density at radius 1 is 1.33 bits per heavy atom. The lowest BCUT2D eigenvalue weighted by atomic mass is 10.0. The molecular weight excluding hydrogens is 324 g/mol. The van der Waals surface area contributed by atoms with Gasteiger partial charge in [0, 0.05) is 51.0 Å². The number of rotatable bonds is 4. The van der Waals surface area contributed by atoms with Crippen LogP contribution in [0, 0.1) is 0 Å². The number of carbonyl (C=O) groups excluding carboxylic acids is 1. The van der Waals surface area contributed by atoms with E-state index >= 15 is 0 Å². The van der Waals surface area contributed by atoms with Crippen molar-refractivity contribution in [2.45, 2.75) is 25.4 Å². The number of benzene rings is 1. The normalized spacial score (nSPS) is 16.3. The van der Waals surface area contributed by atoms with Crippen LogP contribution in [0.4, 0.5) is 0 Å². The van der Waals surface area contributed by atoms with Gasteiger partial charge < -0.3 is 4.90 Å². The highest BCUT2D eigenvalue weighted by Crippen LogP contribution is 2.22. The monoisotopic (exact) mass is 346 g/mol. The molecule has 0 atom stereocenters. The number of hydrogen-bond donors (Lipinski definition) is 0. The Labute approximate surface area is 147 Å². The number of piperidine rings is 1. The molecule has 5 nitrogen and oxygen atoms in total. The van der Waals surface area contributed by atoms with Gasteiger partial charge in [-0.1, -0.05) is 29.8 Å². The second kappa shape index (κ2) is 7.36. The summed E-state index contributed by atoms with van der Waals surface area (Å²) in [6.07, 6.45) is 5.36. The molecule has 1 saturated heterocycles. The van der Waals surface area contributed by atoms with Crippen LogP contribution < -0.4 is 0 Å². The SMILES string of the molecule is CN(C(=O)c1cnn(C)c1)C1CCN(Cc2ccccc2Cl)CC1. The zero-order chi connectivity index (χ0) is 17.1. The van der Waals surface area contributed by atoms with Crippen molar-refractivity contribution < 1.29 is 4.79 Å². The molecule has 1 aromatic heterocycles. The summed E-state index contributed by atoms with van der Waals surface area (Å²) in [6, 6.07) is 8.27. The lowest BCUT2D eigenvalue weighted by Gasteiger charge is -2.36. The first kappa shape index (κ1) is 17.0. The minimum absolute atomic E-state index is 0.0488. The molecule has 6 heteroatoms. The fourth-order valence-corrected chi connectivity index (χ4v) is 3.43. The van der Waals surface area contributed by atoms with Crippen LogP contribution in [-0.2, 0) is 13.6 Å². The second-order valence-corrected chi connectivity index (χ2v) is 6.82. The molecule has 0 unspecified atom stereocenters. The van der Waals surface area contributed by atoms with Crippen LogP contribution in [0.5, 0.6) is 0 Å². The molecular formula is C18H23ClN4O. The fraction of sp³-hybridized carbons (Fsp3) is 0.444. The first-order valence-corrected chi connectivity index (χ1v) is 8.64. The van der Waals surface area contributed by atoms with Crippen LogP contribution in [-0.4, -0.2) is 51.7 Å². The van der Waals surface area contributed by atoms with Crippen molar-refractivity contribution in [1.82, 2.24) is 19.6 Å². The van der Waals surface area contributed by atoms with Crippen LogP contribution in [0.15, 0.2) is 36.7 Å². The van der Waals surface area contributed by atoms with Gasteiger partial charge in [0.25, 0.3) is 5.91 Å². The molecule has 1 amide bonds. The van der Waals surface area contributed by atoms with Crippen LogP contribution in [0.2, 0.25) is 5.02 Å². The largest absolute Gasteiger partial charge is 0.339 e. The zero-order valence-electron chi connectivity index (χ0n) is 14.2. The van der Waals surface area contributed by atoms with Crippen LogP contribution in [0.1, 0.15) is 28.8 Å². The number of aryl methyl sites for hydroxylation is 1. The average Bonchev–Trinajstić information content (AvgIpc) is 3.03. The Morgan fingerprint density at radius 2 is 2.04 bits per heavy atom. The topological polar surface area (TPSA) is 41.4 Å². The third kappa shape index (κ3) is 3.79. The maximum absolute atomic E-state index is 12.5. The van der Waals surface area contributed by atoms with Gasteiger partial charge >= 0.3 is 0 Å². The Bertz CT molecular complexity index is 707. The Morgan fingerprint density at radius 3 is 2.67 bits per heavy atom. The number of aromatic nitrogens is 2. The molecule has 0 radical (unpaired) electrons. The molecule has 0 spiro atoms. The molecule has 3 rings (SSSR count). The maximum Gasteiger partial charge on any atom is 0.257 e. The molecule has 2 aromatic rings. The van der Waals surface area contributed by atoms with E-state index in [1.807, 2.05) is 37.2 Å². The summed E-state index contributed by atoms with van der Waals surface area (Å²) >= 11 is 6.25. The summed E-state index contributed by atoms with van der Waals surface area (Å²) in [4.78, 5) is 16.8.